The molecule has 5 heteroatoms. The summed E-state index contributed by atoms with van der Waals surface area (Å²) in [4.78, 5) is 13.5. The highest BCUT2D eigenvalue weighted by Gasteiger charge is 2.21. The number of nitrogens with zero attached hydrogens (tertiary/aromatic N) is 1. The number of hydrogen-bond acceptors (Lipinski definition) is 3. The van der Waals surface area contributed by atoms with Crippen LogP contribution in [-0.4, -0.2) is 38.4 Å². The van der Waals surface area contributed by atoms with Gasteiger partial charge in [-0.3, -0.25) is 4.90 Å². The summed E-state index contributed by atoms with van der Waals surface area (Å²) in [6, 6.07) is 8.54. The van der Waals surface area contributed by atoms with E-state index in [1.807, 2.05) is 12.1 Å². The summed E-state index contributed by atoms with van der Waals surface area (Å²) < 4.78 is 5.48. The standard InChI is InChI=1S/C15H21N3O2/c19-15-16-7-8-18(15)14-5-1-3-13(11-14)17-12-4-2-9-20-10-6-12/h1,3,5,11-12,17H,2,4,6-10H2,(H,16,19). The van der Waals surface area contributed by atoms with Crippen LogP contribution in [0.25, 0.3) is 0 Å². The minimum atomic E-state index is -0.00924. The van der Waals surface area contributed by atoms with E-state index in [9.17, 15) is 4.79 Å². The molecular formula is C15H21N3O2. The van der Waals surface area contributed by atoms with Crippen LogP contribution in [0, 0.1) is 0 Å². The van der Waals surface area contributed by atoms with Gasteiger partial charge in [0.2, 0.25) is 0 Å². The molecule has 2 fully saturated rings. The SMILES string of the molecule is O=C1NCCN1c1cccc(NC2CCCOCC2)c1. The molecule has 2 saturated heterocycles. The molecule has 0 aromatic heterocycles. The van der Waals surface area contributed by atoms with E-state index in [0.717, 1.165) is 56.9 Å². The van der Waals surface area contributed by atoms with Gasteiger partial charge in [-0.05, 0) is 37.5 Å². The first-order chi connectivity index (χ1) is 9.83. The predicted octanol–water partition coefficient (Wildman–Crippen LogP) is 2.20. The fourth-order valence-corrected chi connectivity index (χ4v) is 2.77. The van der Waals surface area contributed by atoms with Crippen molar-refractivity contribution in [2.45, 2.75) is 25.3 Å². The summed E-state index contributed by atoms with van der Waals surface area (Å²) in [5.41, 5.74) is 2.03. The smallest absolute Gasteiger partial charge is 0.321 e. The van der Waals surface area contributed by atoms with Crippen molar-refractivity contribution < 1.29 is 9.53 Å². The van der Waals surface area contributed by atoms with E-state index in [0.29, 0.717) is 6.04 Å². The molecule has 2 aliphatic rings. The average molecular weight is 275 g/mol. The molecule has 3 rings (SSSR count). The zero-order valence-corrected chi connectivity index (χ0v) is 11.6. The molecule has 2 N–H and O–H groups in total. The normalized spacial score (nSPS) is 23.3. The van der Waals surface area contributed by atoms with Gasteiger partial charge in [-0.2, -0.15) is 0 Å². The first-order valence-electron chi connectivity index (χ1n) is 7.33. The highest BCUT2D eigenvalue weighted by atomic mass is 16.5. The number of carbonyl (C=O) groups excluding carboxylic acids is 1. The van der Waals surface area contributed by atoms with Gasteiger partial charge >= 0.3 is 6.03 Å². The Morgan fingerprint density at radius 1 is 1.30 bits per heavy atom. The molecule has 0 aliphatic carbocycles. The Balaban J connectivity index is 1.69. The van der Waals surface area contributed by atoms with Crippen molar-refractivity contribution in [3.63, 3.8) is 0 Å². The molecule has 0 spiro atoms. The lowest BCUT2D eigenvalue weighted by Gasteiger charge is -2.19. The van der Waals surface area contributed by atoms with Crippen molar-refractivity contribution >= 4 is 17.4 Å². The number of rotatable bonds is 3. The van der Waals surface area contributed by atoms with Crippen LogP contribution in [0.3, 0.4) is 0 Å². The van der Waals surface area contributed by atoms with Crippen molar-refractivity contribution in [1.82, 2.24) is 5.32 Å². The molecule has 0 saturated carbocycles. The van der Waals surface area contributed by atoms with E-state index in [4.69, 9.17) is 4.74 Å². The number of anilines is 2. The Morgan fingerprint density at radius 3 is 3.10 bits per heavy atom. The van der Waals surface area contributed by atoms with Gasteiger partial charge in [-0.1, -0.05) is 6.07 Å². The Bertz CT molecular complexity index is 470. The molecule has 1 unspecified atom stereocenters. The third-order valence-corrected chi connectivity index (χ3v) is 3.84. The first-order valence-corrected chi connectivity index (χ1v) is 7.33. The summed E-state index contributed by atoms with van der Waals surface area (Å²) in [6.45, 7) is 3.15. The number of amides is 2. The predicted molar refractivity (Wildman–Crippen MR) is 79.3 cm³/mol. The lowest BCUT2D eigenvalue weighted by molar-refractivity contribution is 0.144. The molecule has 1 aromatic carbocycles. The highest BCUT2D eigenvalue weighted by molar-refractivity contribution is 5.94. The fraction of sp³-hybridized carbons (Fsp3) is 0.533. The van der Waals surface area contributed by atoms with Crippen LogP contribution in [0.1, 0.15) is 19.3 Å². The minimum Gasteiger partial charge on any atom is -0.382 e. The first kappa shape index (κ1) is 13.2. The van der Waals surface area contributed by atoms with E-state index in [1.54, 1.807) is 4.90 Å². The molecule has 5 nitrogen and oxygen atoms in total. The van der Waals surface area contributed by atoms with E-state index in [1.165, 1.54) is 0 Å². The Morgan fingerprint density at radius 2 is 2.25 bits per heavy atom. The van der Waals surface area contributed by atoms with Gasteiger partial charge < -0.3 is 15.4 Å². The summed E-state index contributed by atoms with van der Waals surface area (Å²) in [6.07, 6.45) is 3.27. The van der Waals surface area contributed by atoms with Crippen LogP contribution in [0.15, 0.2) is 24.3 Å². The van der Waals surface area contributed by atoms with E-state index in [-0.39, 0.29) is 6.03 Å². The molecule has 2 amide bonds. The van der Waals surface area contributed by atoms with Crippen molar-refractivity contribution in [3.8, 4) is 0 Å². The van der Waals surface area contributed by atoms with Crippen LogP contribution in [0.4, 0.5) is 16.2 Å². The summed E-state index contributed by atoms with van der Waals surface area (Å²) in [5.74, 6) is 0. The van der Waals surface area contributed by atoms with Crippen LogP contribution in [0.2, 0.25) is 0 Å². The van der Waals surface area contributed by atoms with Crippen molar-refractivity contribution in [2.75, 3.05) is 36.5 Å². The maximum Gasteiger partial charge on any atom is 0.321 e. The van der Waals surface area contributed by atoms with Crippen molar-refractivity contribution in [1.29, 1.82) is 0 Å². The number of ether oxygens (including phenoxy) is 1. The Labute approximate surface area is 119 Å². The van der Waals surface area contributed by atoms with E-state index in [2.05, 4.69) is 22.8 Å². The summed E-state index contributed by atoms with van der Waals surface area (Å²) in [5, 5.41) is 6.39. The molecule has 2 aliphatic heterocycles. The largest absolute Gasteiger partial charge is 0.382 e. The second-order valence-corrected chi connectivity index (χ2v) is 5.32. The monoisotopic (exact) mass is 275 g/mol. The quantitative estimate of drug-likeness (QED) is 0.889. The number of hydrogen-bond donors (Lipinski definition) is 2. The third-order valence-electron chi connectivity index (χ3n) is 3.84. The van der Waals surface area contributed by atoms with Crippen LogP contribution < -0.4 is 15.5 Å². The number of urea groups is 1. The lowest BCUT2D eigenvalue weighted by Crippen LogP contribution is -2.27. The molecular weight excluding hydrogens is 254 g/mol. The molecule has 0 radical (unpaired) electrons. The van der Waals surface area contributed by atoms with E-state index >= 15 is 0 Å². The molecule has 2 heterocycles. The Hall–Kier alpha value is -1.75. The van der Waals surface area contributed by atoms with Gasteiger partial charge in [0.1, 0.15) is 0 Å². The van der Waals surface area contributed by atoms with Gasteiger partial charge in [0, 0.05) is 43.7 Å². The van der Waals surface area contributed by atoms with Gasteiger partial charge in [0.25, 0.3) is 0 Å². The van der Waals surface area contributed by atoms with Gasteiger partial charge in [0.05, 0.1) is 0 Å². The van der Waals surface area contributed by atoms with E-state index < -0.39 is 0 Å². The number of carbonyl (C=O) groups is 1. The highest BCUT2D eigenvalue weighted by Crippen LogP contribution is 2.23. The van der Waals surface area contributed by atoms with Crippen molar-refractivity contribution in [2.24, 2.45) is 0 Å². The maximum absolute atomic E-state index is 11.7. The Kier molecular flexibility index (Phi) is 4.06. The zero-order valence-electron chi connectivity index (χ0n) is 11.6. The second-order valence-electron chi connectivity index (χ2n) is 5.32. The molecule has 1 aromatic rings. The fourth-order valence-electron chi connectivity index (χ4n) is 2.77. The summed E-state index contributed by atoms with van der Waals surface area (Å²) >= 11 is 0. The number of nitrogens with one attached hydrogen (secondary N) is 2. The maximum atomic E-state index is 11.7. The van der Waals surface area contributed by atoms with Crippen LogP contribution >= 0.6 is 0 Å². The van der Waals surface area contributed by atoms with Gasteiger partial charge in [-0.25, -0.2) is 4.79 Å². The average Bonchev–Trinajstić information content (AvgIpc) is 2.72. The third kappa shape index (κ3) is 3.04. The zero-order chi connectivity index (χ0) is 13.8. The van der Waals surface area contributed by atoms with Gasteiger partial charge in [0.15, 0.2) is 0 Å². The van der Waals surface area contributed by atoms with Crippen LogP contribution in [-0.2, 0) is 4.74 Å². The summed E-state index contributed by atoms with van der Waals surface area (Å²) in [7, 11) is 0. The topological polar surface area (TPSA) is 53.6 Å². The molecule has 108 valence electrons. The lowest BCUT2D eigenvalue weighted by atomic mass is 10.1. The molecule has 1 atom stereocenters. The van der Waals surface area contributed by atoms with Gasteiger partial charge in [-0.15, -0.1) is 0 Å². The van der Waals surface area contributed by atoms with Crippen molar-refractivity contribution in [3.05, 3.63) is 24.3 Å². The molecule has 0 bridgehead atoms. The van der Waals surface area contributed by atoms with Crippen LogP contribution in [0.5, 0.6) is 0 Å². The number of benzene rings is 1. The molecule has 20 heavy (non-hydrogen) atoms. The second kappa shape index (κ2) is 6.13. The minimum absolute atomic E-state index is 0.00924.